The number of imidazole rings is 1. The summed E-state index contributed by atoms with van der Waals surface area (Å²) >= 11 is 0. The number of nitrogens with zero attached hydrogens (tertiary/aromatic N) is 1. The molecule has 100 valence electrons. The van der Waals surface area contributed by atoms with Gasteiger partial charge in [0.05, 0.1) is 18.1 Å². The van der Waals surface area contributed by atoms with Crippen LogP contribution in [0.2, 0.25) is 0 Å². The quantitative estimate of drug-likeness (QED) is 0.843. The number of carbonyl (C=O) groups is 1. The van der Waals surface area contributed by atoms with E-state index in [0.717, 1.165) is 12.2 Å². The van der Waals surface area contributed by atoms with Gasteiger partial charge in [0.15, 0.2) is 0 Å². The predicted octanol–water partition coefficient (Wildman–Crippen LogP) is 1.13. The molecule has 1 aromatic rings. The van der Waals surface area contributed by atoms with Gasteiger partial charge in [-0.3, -0.25) is 4.79 Å². The summed E-state index contributed by atoms with van der Waals surface area (Å²) in [6.07, 6.45) is 4.38. The summed E-state index contributed by atoms with van der Waals surface area (Å²) in [5.74, 6) is 1.21. The fourth-order valence-electron chi connectivity index (χ4n) is 2.58. The van der Waals surface area contributed by atoms with Gasteiger partial charge in [-0.25, -0.2) is 4.98 Å². The van der Waals surface area contributed by atoms with Crippen molar-refractivity contribution < 1.29 is 9.53 Å². The topological polar surface area (TPSA) is 67.0 Å². The smallest absolute Gasteiger partial charge is 0.226 e. The summed E-state index contributed by atoms with van der Waals surface area (Å²) in [5.41, 5.74) is 0. The largest absolute Gasteiger partial charge is 0.374 e. The molecule has 2 heterocycles. The molecule has 18 heavy (non-hydrogen) atoms. The number of H-pyrrole nitrogens is 1. The Labute approximate surface area is 107 Å². The first kappa shape index (κ1) is 13.1. The molecule has 0 saturated carbocycles. The van der Waals surface area contributed by atoms with Gasteiger partial charge in [-0.2, -0.15) is 0 Å². The van der Waals surface area contributed by atoms with Crippen LogP contribution >= 0.6 is 0 Å². The molecule has 1 aliphatic heterocycles. The zero-order valence-electron chi connectivity index (χ0n) is 11.1. The van der Waals surface area contributed by atoms with E-state index in [-0.39, 0.29) is 30.0 Å². The van der Waals surface area contributed by atoms with Crippen molar-refractivity contribution in [1.82, 2.24) is 15.3 Å². The van der Waals surface area contributed by atoms with Gasteiger partial charge in [-0.05, 0) is 19.8 Å². The van der Waals surface area contributed by atoms with Crippen LogP contribution in [0.5, 0.6) is 0 Å². The lowest BCUT2D eigenvalue weighted by Crippen LogP contribution is -2.38. The molecule has 1 fully saturated rings. The van der Waals surface area contributed by atoms with Gasteiger partial charge in [0, 0.05) is 25.4 Å². The summed E-state index contributed by atoms with van der Waals surface area (Å²) in [5, 5.41) is 2.97. The Balaban J connectivity index is 1.81. The van der Waals surface area contributed by atoms with Crippen LogP contribution in [-0.4, -0.2) is 34.6 Å². The Bertz CT molecular complexity index is 391. The molecule has 1 amide bonds. The highest BCUT2D eigenvalue weighted by molar-refractivity contribution is 5.79. The first-order valence-electron chi connectivity index (χ1n) is 6.51. The van der Waals surface area contributed by atoms with Gasteiger partial charge in [0.25, 0.3) is 0 Å². The van der Waals surface area contributed by atoms with Gasteiger partial charge in [-0.15, -0.1) is 0 Å². The number of aromatic nitrogens is 2. The molecule has 2 rings (SSSR count). The molecule has 0 radical (unpaired) electrons. The molecule has 1 aromatic heterocycles. The molecular formula is C13H21N3O2. The number of aromatic amines is 1. The molecule has 2 N–H and O–H groups in total. The first-order valence-corrected chi connectivity index (χ1v) is 6.51. The van der Waals surface area contributed by atoms with Crippen molar-refractivity contribution >= 4 is 5.91 Å². The predicted molar refractivity (Wildman–Crippen MR) is 68.0 cm³/mol. The molecule has 4 atom stereocenters. The minimum Gasteiger partial charge on any atom is -0.374 e. The molecular weight excluding hydrogens is 230 g/mol. The maximum atomic E-state index is 12.1. The van der Waals surface area contributed by atoms with E-state index in [0.29, 0.717) is 6.54 Å². The summed E-state index contributed by atoms with van der Waals surface area (Å²) in [6, 6.07) is 0. The molecule has 0 spiro atoms. The van der Waals surface area contributed by atoms with E-state index in [9.17, 15) is 4.79 Å². The fourth-order valence-corrected chi connectivity index (χ4v) is 2.58. The normalized spacial score (nSPS) is 31.5. The zero-order valence-corrected chi connectivity index (χ0v) is 11.1. The van der Waals surface area contributed by atoms with Gasteiger partial charge in [-0.1, -0.05) is 6.92 Å². The molecule has 0 aromatic carbocycles. The number of nitrogens with one attached hydrogen (secondary N) is 2. The van der Waals surface area contributed by atoms with Crippen molar-refractivity contribution in [3.63, 3.8) is 0 Å². The second-order valence-electron chi connectivity index (χ2n) is 5.01. The van der Waals surface area contributed by atoms with E-state index < -0.39 is 0 Å². The lowest BCUT2D eigenvalue weighted by Gasteiger charge is -2.17. The highest BCUT2D eigenvalue weighted by Gasteiger charge is 2.41. The van der Waals surface area contributed by atoms with Crippen LogP contribution in [-0.2, 0) is 16.0 Å². The molecule has 0 bridgehead atoms. The van der Waals surface area contributed by atoms with Crippen molar-refractivity contribution in [2.45, 2.75) is 39.4 Å². The first-order chi connectivity index (χ1) is 8.59. The van der Waals surface area contributed by atoms with E-state index in [4.69, 9.17) is 4.74 Å². The third kappa shape index (κ3) is 2.72. The number of ether oxygens (including phenoxy) is 1. The van der Waals surface area contributed by atoms with Gasteiger partial charge < -0.3 is 15.0 Å². The molecule has 4 unspecified atom stereocenters. The van der Waals surface area contributed by atoms with Crippen molar-refractivity contribution in [1.29, 1.82) is 0 Å². The van der Waals surface area contributed by atoms with Crippen LogP contribution in [0.3, 0.4) is 0 Å². The molecule has 0 aliphatic carbocycles. The Morgan fingerprint density at radius 2 is 2.22 bits per heavy atom. The SMILES string of the molecule is CC1OC(C)C(C(=O)NCCc2ncc[nH]2)C1C. The molecule has 1 saturated heterocycles. The molecule has 1 aliphatic rings. The summed E-state index contributed by atoms with van der Waals surface area (Å²) in [4.78, 5) is 19.3. The minimum atomic E-state index is -0.0448. The number of rotatable bonds is 4. The van der Waals surface area contributed by atoms with Gasteiger partial charge in [0.2, 0.25) is 5.91 Å². The lowest BCUT2D eigenvalue weighted by molar-refractivity contribution is -0.127. The zero-order chi connectivity index (χ0) is 13.1. The van der Waals surface area contributed by atoms with Crippen LogP contribution < -0.4 is 5.32 Å². The van der Waals surface area contributed by atoms with E-state index >= 15 is 0 Å². The third-order valence-corrected chi connectivity index (χ3v) is 3.76. The Morgan fingerprint density at radius 3 is 2.78 bits per heavy atom. The van der Waals surface area contributed by atoms with Gasteiger partial charge in [0.1, 0.15) is 5.82 Å². The minimum absolute atomic E-state index is 0.00128. The van der Waals surface area contributed by atoms with Gasteiger partial charge >= 0.3 is 0 Å². The average molecular weight is 251 g/mol. The van der Waals surface area contributed by atoms with Crippen molar-refractivity contribution in [2.24, 2.45) is 11.8 Å². The van der Waals surface area contributed by atoms with E-state index in [1.54, 1.807) is 12.4 Å². The standard InChI is InChI=1S/C13H21N3O2/c1-8-9(2)18-10(3)12(8)13(17)16-5-4-11-14-6-7-15-11/h6-10,12H,4-5H2,1-3H3,(H,14,15)(H,16,17). The fraction of sp³-hybridized carbons (Fsp3) is 0.692. The second kappa shape index (κ2) is 5.52. The third-order valence-electron chi connectivity index (χ3n) is 3.76. The van der Waals surface area contributed by atoms with Crippen molar-refractivity contribution in [3.05, 3.63) is 18.2 Å². The van der Waals surface area contributed by atoms with Crippen LogP contribution in [0, 0.1) is 11.8 Å². The van der Waals surface area contributed by atoms with E-state index in [1.807, 2.05) is 13.8 Å². The van der Waals surface area contributed by atoms with E-state index in [1.165, 1.54) is 0 Å². The lowest BCUT2D eigenvalue weighted by atomic mass is 9.89. The average Bonchev–Trinajstić information content (AvgIpc) is 2.89. The van der Waals surface area contributed by atoms with Crippen LogP contribution in [0.1, 0.15) is 26.6 Å². The second-order valence-corrected chi connectivity index (χ2v) is 5.01. The van der Waals surface area contributed by atoms with Crippen molar-refractivity contribution in [3.8, 4) is 0 Å². The van der Waals surface area contributed by atoms with Crippen LogP contribution in [0.25, 0.3) is 0 Å². The summed E-state index contributed by atoms with van der Waals surface area (Å²) < 4.78 is 5.68. The number of hydrogen-bond donors (Lipinski definition) is 2. The molecule has 5 heteroatoms. The molecule has 5 nitrogen and oxygen atoms in total. The Kier molecular flexibility index (Phi) is 4.01. The summed E-state index contributed by atoms with van der Waals surface area (Å²) in [7, 11) is 0. The highest BCUT2D eigenvalue weighted by atomic mass is 16.5. The summed E-state index contributed by atoms with van der Waals surface area (Å²) in [6.45, 7) is 6.68. The maximum absolute atomic E-state index is 12.1. The maximum Gasteiger partial charge on any atom is 0.226 e. The Morgan fingerprint density at radius 1 is 1.44 bits per heavy atom. The van der Waals surface area contributed by atoms with E-state index in [2.05, 4.69) is 22.2 Å². The monoisotopic (exact) mass is 251 g/mol. The van der Waals surface area contributed by atoms with Crippen LogP contribution in [0.15, 0.2) is 12.4 Å². The number of amides is 1. The number of carbonyl (C=O) groups excluding carboxylic acids is 1. The van der Waals surface area contributed by atoms with Crippen LogP contribution in [0.4, 0.5) is 0 Å². The number of hydrogen-bond acceptors (Lipinski definition) is 3. The Hall–Kier alpha value is -1.36. The highest BCUT2D eigenvalue weighted by Crippen LogP contribution is 2.32. The van der Waals surface area contributed by atoms with Crippen molar-refractivity contribution in [2.75, 3.05) is 6.54 Å².